The zero-order valence-electron chi connectivity index (χ0n) is 9.98. The van der Waals surface area contributed by atoms with Crippen LogP contribution in [0.5, 0.6) is 5.75 Å². The summed E-state index contributed by atoms with van der Waals surface area (Å²) in [5.41, 5.74) is 1.63. The van der Waals surface area contributed by atoms with Crippen molar-refractivity contribution in [3.63, 3.8) is 0 Å². The Morgan fingerprint density at radius 1 is 1.05 bits per heavy atom. The third-order valence-electron chi connectivity index (χ3n) is 2.64. The Kier molecular flexibility index (Phi) is 3.98. The van der Waals surface area contributed by atoms with E-state index in [1.165, 1.54) is 13.2 Å². The molecule has 2 rings (SSSR count). The molecule has 2 aromatic rings. The first kappa shape index (κ1) is 13.7. The predicted octanol–water partition coefficient (Wildman–Crippen LogP) is 4.37. The molecule has 0 bridgehead atoms. The molecule has 0 radical (unpaired) electrons. The number of halogens is 2. The highest BCUT2D eigenvalue weighted by molar-refractivity contribution is 6.42. The molecule has 2 aromatic carbocycles. The Hall–Kier alpha value is -1.71. The highest BCUT2D eigenvalue weighted by atomic mass is 35.5. The summed E-state index contributed by atoms with van der Waals surface area (Å²) >= 11 is 11.8. The lowest BCUT2D eigenvalue weighted by atomic mass is 10.0. The quantitative estimate of drug-likeness (QED) is 0.915. The van der Waals surface area contributed by atoms with Crippen LogP contribution in [0.1, 0.15) is 10.4 Å². The molecule has 0 saturated heterocycles. The normalized spacial score (nSPS) is 10.3. The minimum absolute atomic E-state index is 0.153. The molecule has 3 nitrogen and oxygen atoms in total. The molecule has 19 heavy (non-hydrogen) atoms. The molecule has 0 aromatic heterocycles. The zero-order chi connectivity index (χ0) is 14.0. The van der Waals surface area contributed by atoms with Gasteiger partial charge in [-0.1, -0.05) is 29.3 Å². The molecular weight excluding hydrogens is 287 g/mol. The number of ether oxygens (including phenoxy) is 1. The van der Waals surface area contributed by atoms with Gasteiger partial charge in [-0.05, 0) is 41.5 Å². The van der Waals surface area contributed by atoms with Crippen molar-refractivity contribution in [3.05, 3.63) is 52.0 Å². The van der Waals surface area contributed by atoms with E-state index >= 15 is 0 Å². The van der Waals surface area contributed by atoms with E-state index in [2.05, 4.69) is 0 Å². The molecule has 0 heterocycles. The number of aromatic carboxylic acids is 1. The standard InChI is InChI=1S/C14H10Cl2O3/c1-19-11-5-9(4-10(6-11)14(17)18)8-2-3-12(15)13(16)7-8/h2-7H,1H3,(H,17,18). The molecule has 98 valence electrons. The van der Waals surface area contributed by atoms with E-state index < -0.39 is 5.97 Å². The van der Waals surface area contributed by atoms with E-state index in [1.54, 1.807) is 30.3 Å². The van der Waals surface area contributed by atoms with Gasteiger partial charge in [0.15, 0.2) is 0 Å². The summed E-state index contributed by atoms with van der Waals surface area (Å²) in [4.78, 5) is 11.1. The van der Waals surface area contributed by atoms with E-state index in [0.717, 1.165) is 5.56 Å². The molecule has 0 aliphatic carbocycles. The van der Waals surface area contributed by atoms with Gasteiger partial charge in [-0.25, -0.2) is 4.79 Å². The molecule has 0 aliphatic heterocycles. The maximum absolute atomic E-state index is 11.1. The van der Waals surface area contributed by atoms with E-state index in [0.29, 0.717) is 21.4 Å². The SMILES string of the molecule is COc1cc(C(=O)O)cc(-c2ccc(Cl)c(Cl)c2)c1. The number of methoxy groups -OCH3 is 1. The van der Waals surface area contributed by atoms with Gasteiger partial charge in [-0.15, -0.1) is 0 Å². The smallest absolute Gasteiger partial charge is 0.335 e. The Balaban J connectivity index is 2.57. The fourth-order valence-corrected chi connectivity index (χ4v) is 1.98. The Labute approximate surface area is 120 Å². The van der Waals surface area contributed by atoms with Crippen LogP contribution in [0.2, 0.25) is 10.0 Å². The van der Waals surface area contributed by atoms with Crippen molar-refractivity contribution in [3.8, 4) is 16.9 Å². The van der Waals surface area contributed by atoms with Crippen molar-refractivity contribution in [2.75, 3.05) is 7.11 Å². The van der Waals surface area contributed by atoms with Crippen molar-refractivity contribution in [1.82, 2.24) is 0 Å². The third kappa shape index (κ3) is 3.00. The summed E-state index contributed by atoms with van der Waals surface area (Å²) in [5.74, 6) is -0.541. The lowest BCUT2D eigenvalue weighted by Crippen LogP contribution is -1.97. The van der Waals surface area contributed by atoms with Crippen LogP contribution in [0.3, 0.4) is 0 Å². The van der Waals surface area contributed by atoms with Gasteiger partial charge in [-0.3, -0.25) is 0 Å². The maximum atomic E-state index is 11.1. The van der Waals surface area contributed by atoms with E-state index in [4.69, 9.17) is 33.0 Å². The lowest BCUT2D eigenvalue weighted by Gasteiger charge is -2.08. The molecule has 0 fully saturated rings. The number of rotatable bonds is 3. The summed E-state index contributed by atoms with van der Waals surface area (Å²) in [6.07, 6.45) is 0. The van der Waals surface area contributed by atoms with E-state index in [-0.39, 0.29) is 5.56 Å². The molecule has 5 heteroatoms. The second kappa shape index (κ2) is 5.51. The van der Waals surface area contributed by atoms with Gasteiger partial charge in [-0.2, -0.15) is 0 Å². The fraction of sp³-hybridized carbons (Fsp3) is 0.0714. The van der Waals surface area contributed by atoms with Gasteiger partial charge in [0.05, 0.1) is 22.7 Å². The molecule has 0 saturated carbocycles. The summed E-state index contributed by atoms with van der Waals surface area (Å²) in [7, 11) is 1.49. The van der Waals surface area contributed by atoms with Crippen molar-refractivity contribution < 1.29 is 14.6 Å². The lowest BCUT2D eigenvalue weighted by molar-refractivity contribution is 0.0696. The van der Waals surface area contributed by atoms with E-state index in [1.807, 2.05) is 0 Å². The summed E-state index contributed by atoms with van der Waals surface area (Å²) < 4.78 is 5.10. The Morgan fingerprint density at radius 2 is 1.79 bits per heavy atom. The number of carbonyl (C=O) groups is 1. The Morgan fingerprint density at radius 3 is 2.37 bits per heavy atom. The largest absolute Gasteiger partial charge is 0.497 e. The molecule has 0 unspecified atom stereocenters. The number of benzene rings is 2. The van der Waals surface area contributed by atoms with Crippen molar-refractivity contribution in [1.29, 1.82) is 0 Å². The fourth-order valence-electron chi connectivity index (χ4n) is 1.68. The van der Waals surface area contributed by atoms with Crippen molar-refractivity contribution in [2.24, 2.45) is 0 Å². The average Bonchev–Trinajstić information content (AvgIpc) is 2.41. The van der Waals surface area contributed by atoms with Crippen LogP contribution in [-0.4, -0.2) is 18.2 Å². The zero-order valence-corrected chi connectivity index (χ0v) is 11.5. The molecule has 0 amide bonds. The van der Waals surface area contributed by atoms with Crippen molar-refractivity contribution in [2.45, 2.75) is 0 Å². The summed E-state index contributed by atoms with van der Waals surface area (Å²) in [5, 5.41) is 9.94. The van der Waals surface area contributed by atoms with Gasteiger partial charge in [0.1, 0.15) is 5.75 Å². The monoisotopic (exact) mass is 296 g/mol. The number of carboxylic acids is 1. The van der Waals surface area contributed by atoms with Crippen LogP contribution >= 0.6 is 23.2 Å². The number of hydrogen-bond donors (Lipinski definition) is 1. The molecule has 1 N–H and O–H groups in total. The highest BCUT2D eigenvalue weighted by Gasteiger charge is 2.10. The van der Waals surface area contributed by atoms with Crippen molar-refractivity contribution >= 4 is 29.2 Å². The first-order valence-corrected chi connectivity index (χ1v) is 6.14. The minimum atomic E-state index is -1.01. The minimum Gasteiger partial charge on any atom is -0.497 e. The molecular formula is C14H10Cl2O3. The van der Waals surface area contributed by atoms with Crippen LogP contribution < -0.4 is 4.74 Å². The second-order valence-corrected chi connectivity index (χ2v) is 4.70. The molecule has 0 spiro atoms. The van der Waals surface area contributed by atoms with Crippen LogP contribution in [0.25, 0.3) is 11.1 Å². The van der Waals surface area contributed by atoms with Gasteiger partial charge < -0.3 is 9.84 Å². The first-order chi connectivity index (χ1) is 9.01. The summed E-state index contributed by atoms with van der Waals surface area (Å²) in [6, 6.07) is 9.89. The van der Waals surface area contributed by atoms with Gasteiger partial charge in [0.25, 0.3) is 0 Å². The van der Waals surface area contributed by atoms with Crippen LogP contribution in [0.4, 0.5) is 0 Å². The van der Waals surface area contributed by atoms with Gasteiger partial charge in [0.2, 0.25) is 0 Å². The number of carboxylic acid groups (broad SMARTS) is 1. The molecule has 0 aliphatic rings. The first-order valence-electron chi connectivity index (χ1n) is 5.39. The van der Waals surface area contributed by atoms with Crippen LogP contribution in [0, 0.1) is 0 Å². The Bertz CT molecular complexity index is 639. The second-order valence-electron chi connectivity index (χ2n) is 3.88. The molecule has 0 atom stereocenters. The maximum Gasteiger partial charge on any atom is 0.335 e. The average molecular weight is 297 g/mol. The highest BCUT2D eigenvalue weighted by Crippen LogP contribution is 2.31. The third-order valence-corrected chi connectivity index (χ3v) is 3.38. The summed E-state index contributed by atoms with van der Waals surface area (Å²) in [6.45, 7) is 0. The predicted molar refractivity (Wildman–Crippen MR) is 75.4 cm³/mol. The van der Waals surface area contributed by atoms with E-state index in [9.17, 15) is 4.79 Å². The van der Waals surface area contributed by atoms with Crippen LogP contribution in [-0.2, 0) is 0 Å². The van der Waals surface area contributed by atoms with Gasteiger partial charge in [0, 0.05) is 0 Å². The number of hydrogen-bond acceptors (Lipinski definition) is 2. The van der Waals surface area contributed by atoms with Gasteiger partial charge >= 0.3 is 5.97 Å². The topological polar surface area (TPSA) is 46.5 Å². The van der Waals surface area contributed by atoms with Crippen LogP contribution in [0.15, 0.2) is 36.4 Å².